The maximum atomic E-state index is 11.0. The van der Waals surface area contributed by atoms with Gasteiger partial charge in [0.2, 0.25) is 5.75 Å². The van der Waals surface area contributed by atoms with Gasteiger partial charge >= 0.3 is 5.69 Å². The summed E-state index contributed by atoms with van der Waals surface area (Å²) in [5.74, 6) is 0.392. The van der Waals surface area contributed by atoms with Crippen molar-refractivity contribution in [1.82, 2.24) is 0 Å². The summed E-state index contributed by atoms with van der Waals surface area (Å²) in [6, 6.07) is 10.9. The lowest BCUT2D eigenvalue weighted by Gasteiger charge is -2.13. The molecule has 1 atom stereocenters. The third-order valence-electron chi connectivity index (χ3n) is 2.71. The van der Waals surface area contributed by atoms with Crippen LogP contribution in [0.4, 0.5) is 5.69 Å². The van der Waals surface area contributed by atoms with Gasteiger partial charge in [-0.2, -0.15) is 0 Å². The topological polar surface area (TPSA) is 72.6 Å². The fourth-order valence-electron chi connectivity index (χ4n) is 1.76. The first kappa shape index (κ1) is 14.3. The van der Waals surface area contributed by atoms with E-state index < -0.39 is 11.0 Å². The van der Waals surface area contributed by atoms with E-state index >= 15 is 0 Å². The highest BCUT2D eigenvalue weighted by atomic mass is 35.5. The van der Waals surface area contributed by atoms with E-state index in [1.165, 1.54) is 18.2 Å². The van der Waals surface area contributed by atoms with Crippen molar-refractivity contribution in [1.29, 1.82) is 0 Å². The van der Waals surface area contributed by atoms with Gasteiger partial charge in [0.15, 0.2) is 0 Å². The van der Waals surface area contributed by atoms with E-state index in [-0.39, 0.29) is 11.4 Å². The zero-order valence-electron chi connectivity index (χ0n) is 10.6. The quantitative estimate of drug-likeness (QED) is 0.680. The summed E-state index contributed by atoms with van der Waals surface area (Å²) in [7, 11) is 0. The van der Waals surface area contributed by atoms with Gasteiger partial charge in [0.05, 0.1) is 11.0 Å². The minimum atomic E-state index is -0.746. The van der Waals surface area contributed by atoms with Gasteiger partial charge in [-0.05, 0) is 19.1 Å². The highest BCUT2D eigenvalue weighted by molar-refractivity contribution is 6.30. The summed E-state index contributed by atoms with van der Waals surface area (Å²) in [5, 5.41) is 21.0. The zero-order chi connectivity index (χ0) is 14.7. The van der Waals surface area contributed by atoms with Crippen LogP contribution in [0.25, 0.3) is 0 Å². The molecule has 2 rings (SSSR count). The van der Waals surface area contributed by atoms with E-state index in [9.17, 15) is 15.2 Å². The molecular weight excluding hydrogens is 282 g/mol. The summed E-state index contributed by atoms with van der Waals surface area (Å²) < 4.78 is 5.56. The van der Waals surface area contributed by atoms with Gasteiger partial charge in [0.25, 0.3) is 0 Å². The SMILES string of the molecule is C[C@H](O)c1ccccc1Oc1cc(Cl)ccc1[N+](=O)[O-]. The Kier molecular flexibility index (Phi) is 4.22. The second kappa shape index (κ2) is 5.90. The normalized spacial score (nSPS) is 11.9. The molecule has 0 aliphatic rings. The van der Waals surface area contributed by atoms with E-state index in [0.29, 0.717) is 16.3 Å². The molecule has 0 spiro atoms. The number of aliphatic hydroxyl groups is 1. The molecule has 1 N–H and O–H groups in total. The number of ether oxygens (including phenoxy) is 1. The van der Waals surface area contributed by atoms with Crippen LogP contribution in [-0.2, 0) is 0 Å². The van der Waals surface area contributed by atoms with Gasteiger partial charge < -0.3 is 9.84 Å². The molecule has 0 unspecified atom stereocenters. The highest BCUT2D eigenvalue weighted by Crippen LogP contribution is 2.36. The highest BCUT2D eigenvalue weighted by Gasteiger charge is 2.18. The Balaban J connectivity index is 2.45. The Morgan fingerprint density at radius 1 is 1.25 bits per heavy atom. The molecule has 0 bridgehead atoms. The number of nitro benzene ring substituents is 1. The van der Waals surface area contributed by atoms with Crippen molar-refractivity contribution in [3.8, 4) is 11.5 Å². The van der Waals surface area contributed by atoms with Gasteiger partial charge in [-0.15, -0.1) is 0 Å². The lowest BCUT2D eigenvalue weighted by atomic mass is 10.1. The van der Waals surface area contributed by atoms with Crippen molar-refractivity contribution < 1.29 is 14.8 Å². The van der Waals surface area contributed by atoms with Crippen LogP contribution in [0.3, 0.4) is 0 Å². The number of aliphatic hydroxyl groups excluding tert-OH is 1. The predicted molar refractivity (Wildman–Crippen MR) is 75.3 cm³/mol. The maximum Gasteiger partial charge on any atom is 0.311 e. The van der Waals surface area contributed by atoms with Gasteiger partial charge in [-0.3, -0.25) is 10.1 Å². The largest absolute Gasteiger partial charge is 0.450 e. The molecule has 0 radical (unpaired) electrons. The maximum absolute atomic E-state index is 11.0. The average molecular weight is 294 g/mol. The Morgan fingerprint density at radius 3 is 2.60 bits per heavy atom. The molecule has 20 heavy (non-hydrogen) atoms. The lowest BCUT2D eigenvalue weighted by Crippen LogP contribution is -1.98. The lowest BCUT2D eigenvalue weighted by molar-refractivity contribution is -0.385. The van der Waals surface area contributed by atoms with Gasteiger partial charge in [0, 0.05) is 22.7 Å². The number of rotatable bonds is 4. The molecule has 0 aliphatic heterocycles. The molecule has 104 valence electrons. The van der Waals surface area contributed by atoms with Crippen molar-refractivity contribution in [2.45, 2.75) is 13.0 Å². The smallest absolute Gasteiger partial charge is 0.311 e. The molecule has 0 heterocycles. The second-order valence-corrected chi connectivity index (χ2v) is 4.62. The number of hydrogen-bond donors (Lipinski definition) is 1. The standard InChI is InChI=1S/C14H12ClNO4/c1-9(17)11-4-2-3-5-13(11)20-14-8-10(15)6-7-12(14)16(18)19/h2-9,17H,1H3/t9-/m0/s1. The number of para-hydroxylation sites is 1. The summed E-state index contributed by atoms with van der Waals surface area (Å²) >= 11 is 5.84. The Labute approximate surface area is 120 Å². The first-order valence-electron chi connectivity index (χ1n) is 5.88. The number of nitro groups is 1. The third kappa shape index (κ3) is 3.07. The number of nitrogens with zero attached hydrogens (tertiary/aromatic N) is 1. The molecule has 5 nitrogen and oxygen atoms in total. The monoisotopic (exact) mass is 293 g/mol. The predicted octanol–water partition coefficient (Wildman–Crippen LogP) is 4.09. The van der Waals surface area contributed by atoms with Crippen molar-refractivity contribution in [3.63, 3.8) is 0 Å². The van der Waals surface area contributed by atoms with Crippen LogP contribution in [0.15, 0.2) is 42.5 Å². The van der Waals surface area contributed by atoms with Crippen LogP contribution in [0.2, 0.25) is 5.02 Å². The van der Waals surface area contributed by atoms with E-state index in [0.717, 1.165) is 0 Å². The molecule has 0 amide bonds. The molecule has 0 aromatic heterocycles. The summed E-state index contributed by atoms with van der Waals surface area (Å²) in [4.78, 5) is 10.4. The van der Waals surface area contributed by atoms with Gasteiger partial charge in [-0.1, -0.05) is 29.8 Å². The molecular formula is C14H12ClNO4. The number of hydrogen-bond acceptors (Lipinski definition) is 4. The Hall–Kier alpha value is -2.11. The fourth-order valence-corrected chi connectivity index (χ4v) is 1.92. The fraction of sp³-hybridized carbons (Fsp3) is 0.143. The van der Waals surface area contributed by atoms with Gasteiger partial charge in [0.1, 0.15) is 5.75 Å². The minimum Gasteiger partial charge on any atom is -0.450 e. The molecule has 2 aromatic carbocycles. The van der Waals surface area contributed by atoms with Crippen molar-refractivity contribution in [3.05, 3.63) is 63.2 Å². The minimum absolute atomic E-state index is 0.0376. The van der Waals surface area contributed by atoms with Crippen LogP contribution in [0.1, 0.15) is 18.6 Å². The van der Waals surface area contributed by atoms with Crippen LogP contribution in [0.5, 0.6) is 11.5 Å². The van der Waals surface area contributed by atoms with Crippen LogP contribution in [-0.4, -0.2) is 10.0 Å². The first-order chi connectivity index (χ1) is 9.49. The summed E-state index contributed by atoms with van der Waals surface area (Å²) in [5.41, 5.74) is 0.358. The van der Waals surface area contributed by atoms with Crippen LogP contribution in [0, 0.1) is 10.1 Å². The second-order valence-electron chi connectivity index (χ2n) is 4.19. The average Bonchev–Trinajstić information content (AvgIpc) is 2.38. The van der Waals surface area contributed by atoms with Crippen LogP contribution >= 0.6 is 11.6 Å². The van der Waals surface area contributed by atoms with E-state index in [1.807, 2.05) is 0 Å². The van der Waals surface area contributed by atoms with E-state index in [1.54, 1.807) is 31.2 Å². The number of benzene rings is 2. The molecule has 0 saturated carbocycles. The number of halogens is 1. The van der Waals surface area contributed by atoms with Crippen LogP contribution < -0.4 is 4.74 Å². The molecule has 0 fully saturated rings. The molecule has 0 aliphatic carbocycles. The van der Waals surface area contributed by atoms with Crippen molar-refractivity contribution in [2.24, 2.45) is 0 Å². The third-order valence-corrected chi connectivity index (χ3v) is 2.94. The van der Waals surface area contributed by atoms with Gasteiger partial charge in [-0.25, -0.2) is 0 Å². The molecule has 6 heteroatoms. The van der Waals surface area contributed by atoms with E-state index in [2.05, 4.69) is 0 Å². The van der Waals surface area contributed by atoms with Crippen molar-refractivity contribution in [2.75, 3.05) is 0 Å². The summed E-state index contributed by atoms with van der Waals surface area (Å²) in [6.45, 7) is 1.59. The summed E-state index contributed by atoms with van der Waals surface area (Å²) in [6.07, 6.45) is -0.746. The Bertz CT molecular complexity index is 643. The van der Waals surface area contributed by atoms with Crippen molar-refractivity contribution >= 4 is 17.3 Å². The zero-order valence-corrected chi connectivity index (χ0v) is 11.4. The van der Waals surface area contributed by atoms with E-state index in [4.69, 9.17) is 16.3 Å². The molecule has 2 aromatic rings. The molecule has 0 saturated heterocycles. The Morgan fingerprint density at radius 2 is 1.95 bits per heavy atom. The first-order valence-corrected chi connectivity index (χ1v) is 6.25.